The second kappa shape index (κ2) is 5.65. The number of hydrogen-bond donors (Lipinski definition) is 2. The minimum Gasteiger partial charge on any atom is -0.469 e. The molecule has 0 bridgehead atoms. The van der Waals surface area contributed by atoms with E-state index in [-0.39, 0.29) is 11.9 Å². The Morgan fingerprint density at radius 1 is 1.44 bits per heavy atom. The van der Waals surface area contributed by atoms with E-state index in [1.807, 2.05) is 13.0 Å². The van der Waals surface area contributed by atoms with E-state index < -0.39 is 0 Å². The fraction of sp³-hybridized carbons (Fsp3) is 0.231. The molecule has 0 radical (unpaired) electrons. The summed E-state index contributed by atoms with van der Waals surface area (Å²) < 4.78 is 19.4. The minimum absolute atomic E-state index is 0.109. The van der Waals surface area contributed by atoms with Gasteiger partial charge in [-0.15, -0.1) is 0 Å². The molecule has 0 aliphatic carbocycles. The summed E-state index contributed by atoms with van der Waals surface area (Å²) in [4.78, 5) is 0. The van der Waals surface area contributed by atoms with Crippen molar-refractivity contribution >= 4 is 15.9 Å². The molecular weight excluding hydrogens is 299 g/mol. The van der Waals surface area contributed by atoms with Gasteiger partial charge in [-0.25, -0.2) is 4.39 Å². The Morgan fingerprint density at radius 2 is 2.22 bits per heavy atom. The molecule has 1 aromatic carbocycles. The Hall–Kier alpha value is -1.17. The first-order valence-corrected chi connectivity index (χ1v) is 6.35. The van der Waals surface area contributed by atoms with Crippen molar-refractivity contribution in [1.29, 1.82) is 0 Å². The maximum Gasteiger partial charge on any atom is 0.123 e. The fourth-order valence-corrected chi connectivity index (χ4v) is 2.34. The molecule has 0 saturated heterocycles. The lowest BCUT2D eigenvalue weighted by atomic mass is 10.00. The molecule has 5 heteroatoms. The van der Waals surface area contributed by atoms with Crippen molar-refractivity contribution in [2.45, 2.75) is 19.4 Å². The monoisotopic (exact) mass is 312 g/mol. The van der Waals surface area contributed by atoms with Crippen LogP contribution in [0.4, 0.5) is 4.39 Å². The van der Waals surface area contributed by atoms with Gasteiger partial charge in [-0.3, -0.25) is 11.3 Å². The van der Waals surface area contributed by atoms with Crippen LogP contribution in [0.3, 0.4) is 0 Å². The van der Waals surface area contributed by atoms with Gasteiger partial charge in [0.1, 0.15) is 11.6 Å². The Bertz CT molecular complexity index is 542. The average molecular weight is 313 g/mol. The van der Waals surface area contributed by atoms with Gasteiger partial charge in [0.05, 0.1) is 12.3 Å². The van der Waals surface area contributed by atoms with Crippen LogP contribution in [0.5, 0.6) is 0 Å². The van der Waals surface area contributed by atoms with Gasteiger partial charge >= 0.3 is 0 Å². The molecule has 1 atom stereocenters. The number of nitrogens with two attached hydrogens (primary N) is 1. The van der Waals surface area contributed by atoms with Gasteiger partial charge in [-0.1, -0.05) is 15.9 Å². The highest BCUT2D eigenvalue weighted by molar-refractivity contribution is 9.10. The largest absolute Gasteiger partial charge is 0.469 e. The van der Waals surface area contributed by atoms with Gasteiger partial charge < -0.3 is 4.42 Å². The zero-order valence-corrected chi connectivity index (χ0v) is 11.5. The molecule has 0 aliphatic rings. The predicted octanol–water partition coefficient (Wildman–Crippen LogP) is 3.24. The number of nitrogens with one attached hydrogen (secondary N) is 1. The van der Waals surface area contributed by atoms with Crippen molar-refractivity contribution in [2.75, 3.05) is 0 Å². The summed E-state index contributed by atoms with van der Waals surface area (Å²) in [5.41, 5.74) is 4.58. The van der Waals surface area contributed by atoms with Crippen LogP contribution in [0.15, 0.2) is 39.4 Å². The third kappa shape index (κ3) is 2.80. The molecule has 96 valence electrons. The molecule has 1 unspecified atom stereocenters. The van der Waals surface area contributed by atoms with Crippen LogP contribution in [-0.2, 0) is 6.42 Å². The highest BCUT2D eigenvalue weighted by atomic mass is 79.9. The summed E-state index contributed by atoms with van der Waals surface area (Å²) in [6.45, 7) is 1.88. The van der Waals surface area contributed by atoms with E-state index >= 15 is 0 Å². The predicted molar refractivity (Wildman–Crippen MR) is 71.3 cm³/mol. The van der Waals surface area contributed by atoms with Crippen LogP contribution in [0.1, 0.15) is 22.9 Å². The molecular formula is C13H14BrFN2O. The number of rotatable bonds is 4. The Labute approximate surface area is 113 Å². The number of halogens is 2. The summed E-state index contributed by atoms with van der Waals surface area (Å²) in [5.74, 6) is 6.12. The summed E-state index contributed by atoms with van der Waals surface area (Å²) in [6, 6.07) is 6.38. The Morgan fingerprint density at radius 3 is 2.83 bits per heavy atom. The van der Waals surface area contributed by atoms with E-state index in [1.54, 1.807) is 12.3 Å². The first-order chi connectivity index (χ1) is 8.61. The van der Waals surface area contributed by atoms with Gasteiger partial charge in [-0.2, -0.15) is 0 Å². The van der Waals surface area contributed by atoms with Crippen LogP contribution in [-0.4, -0.2) is 0 Å². The van der Waals surface area contributed by atoms with E-state index in [4.69, 9.17) is 10.3 Å². The van der Waals surface area contributed by atoms with Crippen molar-refractivity contribution in [3.8, 4) is 0 Å². The Balaban J connectivity index is 2.26. The lowest BCUT2D eigenvalue weighted by Gasteiger charge is -2.16. The lowest BCUT2D eigenvalue weighted by molar-refractivity contribution is 0.501. The van der Waals surface area contributed by atoms with E-state index in [2.05, 4.69) is 21.4 Å². The van der Waals surface area contributed by atoms with Crippen LogP contribution < -0.4 is 11.3 Å². The quantitative estimate of drug-likeness (QED) is 0.673. The van der Waals surface area contributed by atoms with Gasteiger partial charge in [-0.05, 0) is 43.2 Å². The molecule has 2 aromatic rings. The van der Waals surface area contributed by atoms with Gasteiger partial charge in [0.15, 0.2) is 0 Å². The molecule has 1 heterocycles. The number of hydrogen-bond acceptors (Lipinski definition) is 3. The zero-order valence-electron chi connectivity index (χ0n) is 9.91. The smallest absolute Gasteiger partial charge is 0.123 e. The first kappa shape index (κ1) is 13.3. The van der Waals surface area contributed by atoms with E-state index in [0.29, 0.717) is 6.42 Å². The van der Waals surface area contributed by atoms with Crippen molar-refractivity contribution in [1.82, 2.24) is 5.43 Å². The Kier molecular flexibility index (Phi) is 4.16. The van der Waals surface area contributed by atoms with Crippen molar-refractivity contribution in [2.24, 2.45) is 5.84 Å². The van der Waals surface area contributed by atoms with Crippen molar-refractivity contribution < 1.29 is 8.81 Å². The second-order valence-electron chi connectivity index (χ2n) is 4.09. The highest BCUT2D eigenvalue weighted by Gasteiger charge is 2.16. The van der Waals surface area contributed by atoms with E-state index in [1.165, 1.54) is 12.1 Å². The van der Waals surface area contributed by atoms with Gasteiger partial charge in [0.25, 0.3) is 0 Å². The number of benzene rings is 1. The zero-order chi connectivity index (χ0) is 13.1. The third-order valence-electron chi connectivity index (χ3n) is 2.91. The molecule has 3 N–H and O–H groups in total. The standard InChI is InChI=1S/C13H14BrFN2O/c1-8-11(4-5-18-8)13(17-16)7-9-6-10(15)2-3-12(9)14/h2-6,13,17H,7,16H2,1H3. The van der Waals surface area contributed by atoms with Crippen LogP contribution >= 0.6 is 15.9 Å². The second-order valence-corrected chi connectivity index (χ2v) is 4.95. The lowest BCUT2D eigenvalue weighted by Crippen LogP contribution is -2.29. The van der Waals surface area contributed by atoms with Gasteiger partial charge in [0, 0.05) is 10.0 Å². The number of hydrazine groups is 1. The molecule has 2 rings (SSSR count). The number of aryl methyl sites for hydroxylation is 1. The third-order valence-corrected chi connectivity index (χ3v) is 3.68. The maximum absolute atomic E-state index is 13.2. The van der Waals surface area contributed by atoms with Crippen molar-refractivity contribution in [3.63, 3.8) is 0 Å². The van der Waals surface area contributed by atoms with Gasteiger partial charge in [0.2, 0.25) is 0 Å². The molecule has 18 heavy (non-hydrogen) atoms. The molecule has 1 aromatic heterocycles. The van der Waals surface area contributed by atoms with Crippen molar-refractivity contribution in [3.05, 3.63) is 57.7 Å². The molecule has 0 aliphatic heterocycles. The van der Waals surface area contributed by atoms with E-state index in [0.717, 1.165) is 21.4 Å². The van der Waals surface area contributed by atoms with E-state index in [9.17, 15) is 4.39 Å². The summed E-state index contributed by atoms with van der Waals surface area (Å²) in [6.07, 6.45) is 2.20. The van der Waals surface area contributed by atoms with Crippen LogP contribution in [0.25, 0.3) is 0 Å². The highest BCUT2D eigenvalue weighted by Crippen LogP contribution is 2.26. The molecule has 3 nitrogen and oxygen atoms in total. The molecule has 0 fully saturated rings. The molecule has 0 spiro atoms. The first-order valence-electron chi connectivity index (χ1n) is 5.56. The minimum atomic E-state index is -0.257. The summed E-state index contributed by atoms with van der Waals surface area (Å²) in [5, 5.41) is 0. The fourth-order valence-electron chi connectivity index (χ4n) is 1.93. The normalized spacial score (nSPS) is 12.7. The average Bonchev–Trinajstić information content (AvgIpc) is 2.77. The summed E-state index contributed by atoms with van der Waals surface area (Å²) >= 11 is 3.41. The topological polar surface area (TPSA) is 51.2 Å². The van der Waals surface area contributed by atoms with Crippen LogP contribution in [0.2, 0.25) is 0 Å². The van der Waals surface area contributed by atoms with Crippen LogP contribution in [0, 0.1) is 12.7 Å². The SMILES string of the molecule is Cc1occc1C(Cc1cc(F)ccc1Br)NN. The maximum atomic E-state index is 13.2. The summed E-state index contributed by atoms with van der Waals surface area (Å²) in [7, 11) is 0. The molecule has 0 amide bonds. The number of furan rings is 1. The molecule has 0 saturated carbocycles.